The Balaban J connectivity index is 2.64. The van der Waals surface area contributed by atoms with E-state index in [0.29, 0.717) is 12.6 Å². The Hall–Kier alpha value is -0.943. The second-order valence-corrected chi connectivity index (χ2v) is 11.6. The van der Waals surface area contributed by atoms with Crippen molar-refractivity contribution in [1.29, 1.82) is 0 Å². The fourth-order valence-corrected chi connectivity index (χ4v) is 2.37. The highest BCUT2D eigenvalue weighted by atomic mass is 28.3. The van der Waals surface area contributed by atoms with Crippen LogP contribution >= 0.6 is 0 Å². The van der Waals surface area contributed by atoms with E-state index in [4.69, 9.17) is 4.74 Å². The Kier molecular flexibility index (Phi) is 4.87. The van der Waals surface area contributed by atoms with Crippen LogP contribution in [-0.2, 0) is 11.5 Å². The van der Waals surface area contributed by atoms with Crippen LogP contribution in [0.1, 0.15) is 28.9 Å². The quantitative estimate of drug-likeness (QED) is 0.452. The number of ketones is 1. The maximum Gasteiger partial charge on any atom is 0.195 e. The second kappa shape index (κ2) is 5.80. The van der Waals surface area contributed by atoms with Gasteiger partial charge in [0, 0.05) is 27.3 Å². The maximum atomic E-state index is 11.5. The largest absolute Gasteiger partial charge is 0.361 e. The van der Waals surface area contributed by atoms with Gasteiger partial charge in [-0.15, -0.1) is 0 Å². The minimum Gasteiger partial charge on any atom is -0.361 e. The van der Waals surface area contributed by atoms with E-state index < -0.39 is 8.07 Å². The van der Waals surface area contributed by atoms with E-state index in [2.05, 4.69) is 24.6 Å². The highest BCUT2D eigenvalue weighted by Gasteiger charge is 2.15. The van der Waals surface area contributed by atoms with Gasteiger partial charge < -0.3 is 9.30 Å². The smallest absolute Gasteiger partial charge is 0.195 e. The van der Waals surface area contributed by atoms with Crippen molar-refractivity contribution in [3.63, 3.8) is 0 Å². The number of nitrogens with zero attached hydrogens (tertiary/aromatic N) is 2. The zero-order valence-corrected chi connectivity index (χ0v) is 13.3. The molecule has 1 aromatic rings. The molecule has 0 unspecified atom stereocenters. The van der Waals surface area contributed by atoms with Crippen LogP contribution in [0, 0.1) is 13.8 Å². The van der Waals surface area contributed by atoms with E-state index in [-0.39, 0.29) is 5.78 Å². The highest BCUT2D eigenvalue weighted by molar-refractivity contribution is 6.76. The van der Waals surface area contributed by atoms with Gasteiger partial charge in [0.25, 0.3) is 0 Å². The Morgan fingerprint density at radius 1 is 1.33 bits per heavy atom. The van der Waals surface area contributed by atoms with Crippen LogP contribution in [0.4, 0.5) is 0 Å². The first-order valence-corrected chi connectivity index (χ1v) is 10.1. The molecule has 0 spiro atoms. The van der Waals surface area contributed by atoms with Gasteiger partial charge in [0.15, 0.2) is 11.6 Å². The summed E-state index contributed by atoms with van der Waals surface area (Å²) in [5, 5.41) is 0. The molecule has 0 atom stereocenters. The van der Waals surface area contributed by atoms with E-state index in [0.717, 1.165) is 24.0 Å². The Morgan fingerprint density at radius 3 is 2.44 bits per heavy atom. The first-order valence-electron chi connectivity index (χ1n) is 6.35. The number of carbonyl (C=O) groups excluding carboxylic acids is 1. The lowest BCUT2D eigenvalue weighted by molar-refractivity contribution is 0.0795. The number of ether oxygens (including phenoxy) is 1. The molecule has 1 aromatic heterocycles. The fraction of sp³-hybridized carbons (Fsp3) is 0.692. The number of hydrogen-bond acceptors (Lipinski definition) is 3. The third-order valence-electron chi connectivity index (χ3n) is 2.99. The lowest BCUT2D eigenvalue weighted by Crippen LogP contribution is -2.22. The number of Topliss-reactive ketones (excluding diaryl/α,β-unsaturated/α-hetero) is 1. The molecule has 0 amide bonds. The van der Waals surface area contributed by atoms with Gasteiger partial charge in [-0.25, -0.2) is 4.98 Å². The maximum absolute atomic E-state index is 11.5. The van der Waals surface area contributed by atoms with Gasteiger partial charge in [-0.05, 0) is 19.9 Å². The SMILES string of the molecule is CC(=O)c1nc(C)c(C)n1COCC[Si](C)(C)C. The molecule has 0 aliphatic rings. The molecule has 0 fully saturated rings. The Bertz CT molecular complexity index is 433. The summed E-state index contributed by atoms with van der Waals surface area (Å²) in [4.78, 5) is 15.8. The molecule has 0 aromatic carbocycles. The third kappa shape index (κ3) is 4.06. The monoisotopic (exact) mass is 268 g/mol. The number of aromatic nitrogens is 2. The lowest BCUT2D eigenvalue weighted by Gasteiger charge is -2.16. The standard InChI is InChI=1S/C13H24N2O2Si/c1-10-11(2)15(13(14-10)12(3)16)9-17-7-8-18(4,5)6/h7-9H2,1-6H3. The number of carbonyl (C=O) groups is 1. The number of rotatable bonds is 6. The van der Waals surface area contributed by atoms with Crippen molar-refractivity contribution in [2.45, 2.75) is 53.2 Å². The zero-order chi connectivity index (χ0) is 13.9. The molecule has 102 valence electrons. The number of aryl methyl sites for hydroxylation is 1. The van der Waals surface area contributed by atoms with Crippen molar-refractivity contribution < 1.29 is 9.53 Å². The lowest BCUT2D eigenvalue weighted by atomic mass is 10.4. The summed E-state index contributed by atoms with van der Waals surface area (Å²) in [6.45, 7) is 13.6. The summed E-state index contributed by atoms with van der Waals surface area (Å²) >= 11 is 0. The summed E-state index contributed by atoms with van der Waals surface area (Å²) < 4.78 is 7.55. The number of hydrogen-bond donors (Lipinski definition) is 0. The van der Waals surface area contributed by atoms with Gasteiger partial charge in [0.05, 0.1) is 5.69 Å². The summed E-state index contributed by atoms with van der Waals surface area (Å²) in [5.41, 5.74) is 1.90. The molecule has 5 heteroatoms. The molecule has 0 saturated carbocycles. The minimum atomic E-state index is -1.06. The van der Waals surface area contributed by atoms with Crippen molar-refractivity contribution in [3.8, 4) is 0 Å². The molecule has 1 rings (SSSR count). The van der Waals surface area contributed by atoms with Crippen molar-refractivity contribution in [2.75, 3.05) is 6.61 Å². The van der Waals surface area contributed by atoms with Gasteiger partial charge in [-0.3, -0.25) is 4.79 Å². The van der Waals surface area contributed by atoms with Crippen molar-refractivity contribution in [2.24, 2.45) is 0 Å². The Labute approximate surface area is 110 Å². The van der Waals surface area contributed by atoms with Crippen molar-refractivity contribution >= 4 is 13.9 Å². The van der Waals surface area contributed by atoms with E-state index >= 15 is 0 Å². The van der Waals surface area contributed by atoms with Gasteiger partial charge in [0.2, 0.25) is 0 Å². The number of imidazole rings is 1. The van der Waals surface area contributed by atoms with E-state index in [1.807, 2.05) is 18.4 Å². The molecule has 0 bridgehead atoms. The molecule has 0 saturated heterocycles. The minimum absolute atomic E-state index is 0.0139. The molecule has 0 aliphatic carbocycles. The second-order valence-electron chi connectivity index (χ2n) is 5.94. The molecular formula is C13H24N2O2Si. The van der Waals surface area contributed by atoms with Crippen LogP contribution in [0.5, 0.6) is 0 Å². The van der Waals surface area contributed by atoms with Gasteiger partial charge in [-0.1, -0.05) is 19.6 Å². The predicted octanol–water partition coefficient (Wildman–Crippen LogP) is 3.01. The van der Waals surface area contributed by atoms with Crippen molar-refractivity contribution in [3.05, 3.63) is 17.2 Å². The molecule has 1 heterocycles. The van der Waals surface area contributed by atoms with Crippen LogP contribution in [-0.4, -0.2) is 30.0 Å². The first-order chi connectivity index (χ1) is 8.22. The van der Waals surface area contributed by atoms with Crippen LogP contribution in [0.15, 0.2) is 0 Å². The van der Waals surface area contributed by atoms with Gasteiger partial charge in [0.1, 0.15) is 6.73 Å². The van der Waals surface area contributed by atoms with E-state index in [1.54, 1.807) is 6.92 Å². The Morgan fingerprint density at radius 2 is 1.94 bits per heavy atom. The van der Waals surface area contributed by atoms with E-state index in [1.165, 1.54) is 0 Å². The third-order valence-corrected chi connectivity index (χ3v) is 4.69. The van der Waals surface area contributed by atoms with Crippen LogP contribution < -0.4 is 0 Å². The van der Waals surface area contributed by atoms with Crippen LogP contribution in [0.25, 0.3) is 0 Å². The van der Waals surface area contributed by atoms with Crippen LogP contribution in [0.2, 0.25) is 25.7 Å². The highest BCUT2D eigenvalue weighted by Crippen LogP contribution is 2.12. The first kappa shape index (κ1) is 15.1. The predicted molar refractivity (Wildman–Crippen MR) is 75.8 cm³/mol. The topological polar surface area (TPSA) is 44.1 Å². The summed E-state index contributed by atoms with van der Waals surface area (Å²) in [5.74, 6) is 0.484. The summed E-state index contributed by atoms with van der Waals surface area (Å²) in [6, 6.07) is 1.13. The van der Waals surface area contributed by atoms with E-state index in [9.17, 15) is 4.79 Å². The zero-order valence-electron chi connectivity index (χ0n) is 12.3. The molecule has 18 heavy (non-hydrogen) atoms. The average Bonchev–Trinajstić information content (AvgIpc) is 2.50. The molecule has 0 N–H and O–H groups in total. The molecule has 0 radical (unpaired) electrons. The summed E-state index contributed by atoms with van der Waals surface area (Å²) in [7, 11) is -1.06. The molecule has 0 aliphatic heterocycles. The summed E-state index contributed by atoms with van der Waals surface area (Å²) in [6.07, 6.45) is 0. The molecular weight excluding hydrogens is 244 g/mol. The van der Waals surface area contributed by atoms with Crippen LogP contribution in [0.3, 0.4) is 0 Å². The van der Waals surface area contributed by atoms with Crippen molar-refractivity contribution in [1.82, 2.24) is 9.55 Å². The fourth-order valence-electron chi connectivity index (χ4n) is 1.62. The molecule has 4 nitrogen and oxygen atoms in total. The average molecular weight is 268 g/mol. The van der Waals surface area contributed by atoms with Gasteiger partial charge in [-0.2, -0.15) is 0 Å². The van der Waals surface area contributed by atoms with Gasteiger partial charge >= 0.3 is 0 Å². The normalized spacial score (nSPS) is 11.9.